The van der Waals surface area contributed by atoms with Gasteiger partial charge >= 0.3 is 0 Å². The van der Waals surface area contributed by atoms with E-state index in [0.717, 1.165) is 11.3 Å². The molecule has 2 aromatic rings. The van der Waals surface area contributed by atoms with Gasteiger partial charge in [-0.05, 0) is 29.8 Å². The molecule has 0 radical (unpaired) electrons. The lowest BCUT2D eigenvalue weighted by molar-refractivity contribution is 0.414. The van der Waals surface area contributed by atoms with Gasteiger partial charge in [0, 0.05) is 12.4 Å². The Balaban J connectivity index is 2.17. The summed E-state index contributed by atoms with van der Waals surface area (Å²) in [6.45, 7) is 0. The van der Waals surface area contributed by atoms with E-state index in [1.165, 1.54) is 0 Å². The van der Waals surface area contributed by atoms with E-state index in [9.17, 15) is 0 Å². The van der Waals surface area contributed by atoms with Crippen LogP contribution in [-0.4, -0.2) is 17.1 Å². The highest BCUT2D eigenvalue weighted by Crippen LogP contribution is 2.14. The van der Waals surface area contributed by atoms with Crippen molar-refractivity contribution in [1.29, 1.82) is 0 Å². The molecule has 0 N–H and O–H groups in total. The van der Waals surface area contributed by atoms with Crippen molar-refractivity contribution in [3.8, 4) is 5.75 Å². The summed E-state index contributed by atoms with van der Waals surface area (Å²) in [6.07, 6.45) is 7.27. The summed E-state index contributed by atoms with van der Waals surface area (Å²) in [6, 6.07) is 9.62. The van der Waals surface area contributed by atoms with Crippen LogP contribution in [0.2, 0.25) is 0 Å². The van der Waals surface area contributed by atoms with Gasteiger partial charge in [-0.15, -0.1) is 0 Å². The number of hydrogen-bond donors (Lipinski definition) is 0. The third kappa shape index (κ3) is 2.67. The molecule has 0 saturated carbocycles. The first-order valence-electron chi connectivity index (χ1n) is 4.97. The lowest BCUT2D eigenvalue weighted by Gasteiger charge is -1.99. The molecule has 3 nitrogen and oxygen atoms in total. The molecule has 0 fully saturated rings. The number of rotatable bonds is 3. The zero-order valence-corrected chi connectivity index (χ0v) is 9.00. The van der Waals surface area contributed by atoms with Gasteiger partial charge in [-0.1, -0.05) is 18.2 Å². The Morgan fingerprint density at radius 3 is 2.62 bits per heavy atom. The van der Waals surface area contributed by atoms with E-state index in [2.05, 4.69) is 9.97 Å². The Morgan fingerprint density at radius 2 is 1.88 bits per heavy atom. The molecule has 0 aliphatic heterocycles. The van der Waals surface area contributed by atoms with E-state index < -0.39 is 0 Å². The highest BCUT2D eigenvalue weighted by molar-refractivity contribution is 5.67. The maximum absolute atomic E-state index is 5.14. The Labute approximate surface area is 94.4 Å². The molecule has 1 aromatic carbocycles. The Morgan fingerprint density at radius 1 is 1.06 bits per heavy atom. The summed E-state index contributed by atoms with van der Waals surface area (Å²) >= 11 is 0. The quantitative estimate of drug-likeness (QED) is 0.784. The summed E-state index contributed by atoms with van der Waals surface area (Å²) in [7, 11) is 1.66. The number of hydrogen-bond acceptors (Lipinski definition) is 3. The molecule has 2 rings (SSSR count). The molecule has 0 atom stereocenters. The van der Waals surface area contributed by atoms with Crippen LogP contribution in [0.25, 0.3) is 12.2 Å². The monoisotopic (exact) mass is 212 g/mol. The van der Waals surface area contributed by atoms with Crippen LogP contribution in [0.3, 0.4) is 0 Å². The van der Waals surface area contributed by atoms with Gasteiger partial charge in [0.25, 0.3) is 0 Å². The van der Waals surface area contributed by atoms with Gasteiger partial charge in [0.1, 0.15) is 5.75 Å². The van der Waals surface area contributed by atoms with E-state index in [-0.39, 0.29) is 0 Å². The predicted molar refractivity (Wildman–Crippen MR) is 64.0 cm³/mol. The van der Waals surface area contributed by atoms with E-state index in [0.29, 0.717) is 5.82 Å². The SMILES string of the molecule is COc1cccc(C=Cc2ncccn2)c1. The van der Waals surface area contributed by atoms with Gasteiger partial charge in [0.2, 0.25) is 0 Å². The highest BCUT2D eigenvalue weighted by Gasteiger charge is 1.92. The summed E-state index contributed by atoms with van der Waals surface area (Å²) < 4.78 is 5.14. The molecule has 3 heteroatoms. The molecule has 0 saturated heterocycles. The normalized spacial score (nSPS) is 10.6. The molecule has 0 aliphatic rings. The van der Waals surface area contributed by atoms with Gasteiger partial charge in [0.15, 0.2) is 5.82 Å². The van der Waals surface area contributed by atoms with Crippen LogP contribution < -0.4 is 4.74 Å². The smallest absolute Gasteiger partial charge is 0.151 e. The van der Waals surface area contributed by atoms with Crippen LogP contribution in [0.5, 0.6) is 5.75 Å². The summed E-state index contributed by atoms with van der Waals surface area (Å²) in [5.74, 6) is 1.54. The van der Waals surface area contributed by atoms with E-state index in [4.69, 9.17) is 4.74 Å². The fraction of sp³-hybridized carbons (Fsp3) is 0.0769. The summed E-state index contributed by atoms with van der Waals surface area (Å²) in [4.78, 5) is 8.21. The van der Waals surface area contributed by atoms with Crippen LogP contribution in [0, 0.1) is 0 Å². The largest absolute Gasteiger partial charge is 0.497 e. The lowest BCUT2D eigenvalue weighted by atomic mass is 10.2. The zero-order valence-electron chi connectivity index (χ0n) is 9.00. The van der Waals surface area contributed by atoms with Crippen LogP contribution in [-0.2, 0) is 0 Å². The first-order valence-corrected chi connectivity index (χ1v) is 4.97. The van der Waals surface area contributed by atoms with E-state index in [1.807, 2.05) is 36.4 Å². The zero-order chi connectivity index (χ0) is 11.2. The molecule has 16 heavy (non-hydrogen) atoms. The van der Waals surface area contributed by atoms with Gasteiger partial charge in [-0.3, -0.25) is 0 Å². The van der Waals surface area contributed by atoms with Crippen LogP contribution >= 0.6 is 0 Å². The average Bonchev–Trinajstić information content (AvgIpc) is 2.38. The van der Waals surface area contributed by atoms with Gasteiger partial charge in [-0.2, -0.15) is 0 Å². The van der Waals surface area contributed by atoms with Crippen LogP contribution in [0.1, 0.15) is 11.4 Å². The maximum Gasteiger partial charge on any atom is 0.151 e. The molecule has 0 unspecified atom stereocenters. The third-order valence-corrected chi connectivity index (χ3v) is 2.10. The topological polar surface area (TPSA) is 35.0 Å². The van der Waals surface area contributed by atoms with Gasteiger partial charge in [-0.25, -0.2) is 9.97 Å². The first-order chi connectivity index (χ1) is 7.88. The second-order valence-electron chi connectivity index (χ2n) is 3.22. The molecule has 0 amide bonds. The molecule has 80 valence electrons. The van der Waals surface area contributed by atoms with Crippen molar-refractivity contribution in [2.75, 3.05) is 7.11 Å². The third-order valence-electron chi connectivity index (χ3n) is 2.10. The molecule has 1 heterocycles. The first kappa shape index (κ1) is 10.4. The minimum absolute atomic E-state index is 0.699. The molecule has 0 bridgehead atoms. The Hall–Kier alpha value is -2.16. The molecule has 1 aromatic heterocycles. The number of methoxy groups -OCH3 is 1. The number of aromatic nitrogens is 2. The fourth-order valence-electron chi connectivity index (χ4n) is 1.31. The molecular weight excluding hydrogens is 200 g/mol. The standard InChI is InChI=1S/C13H12N2O/c1-16-12-5-2-4-11(10-12)6-7-13-14-8-3-9-15-13/h2-10H,1H3. The second kappa shape index (κ2) is 5.07. The van der Waals surface area contributed by atoms with E-state index >= 15 is 0 Å². The summed E-state index contributed by atoms with van der Waals surface area (Å²) in [5, 5.41) is 0. The minimum Gasteiger partial charge on any atom is -0.497 e. The number of benzene rings is 1. The van der Waals surface area contributed by atoms with E-state index in [1.54, 1.807) is 25.6 Å². The molecule has 0 aliphatic carbocycles. The highest BCUT2D eigenvalue weighted by atomic mass is 16.5. The van der Waals surface area contributed by atoms with Crippen LogP contribution in [0.4, 0.5) is 0 Å². The van der Waals surface area contributed by atoms with Crippen LogP contribution in [0.15, 0.2) is 42.7 Å². The second-order valence-corrected chi connectivity index (χ2v) is 3.22. The van der Waals surface area contributed by atoms with Crippen molar-refractivity contribution in [3.05, 3.63) is 54.1 Å². The fourth-order valence-corrected chi connectivity index (χ4v) is 1.31. The minimum atomic E-state index is 0.699. The van der Waals surface area contributed by atoms with Gasteiger partial charge in [0.05, 0.1) is 7.11 Å². The molecule has 0 spiro atoms. The lowest BCUT2D eigenvalue weighted by Crippen LogP contribution is -1.84. The van der Waals surface area contributed by atoms with Gasteiger partial charge < -0.3 is 4.74 Å². The van der Waals surface area contributed by atoms with Crippen molar-refractivity contribution in [2.24, 2.45) is 0 Å². The van der Waals surface area contributed by atoms with Crippen molar-refractivity contribution in [2.45, 2.75) is 0 Å². The van der Waals surface area contributed by atoms with Crippen molar-refractivity contribution in [3.63, 3.8) is 0 Å². The Kier molecular flexibility index (Phi) is 3.28. The average molecular weight is 212 g/mol. The molecular formula is C13H12N2O. The number of nitrogens with zero attached hydrogens (tertiary/aromatic N) is 2. The number of ether oxygens (including phenoxy) is 1. The van der Waals surface area contributed by atoms with Crippen molar-refractivity contribution < 1.29 is 4.74 Å². The predicted octanol–water partition coefficient (Wildman–Crippen LogP) is 2.66. The maximum atomic E-state index is 5.14. The van der Waals surface area contributed by atoms with Crippen molar-refractivity contribution in [1.82, 2.24) is 9.97 Å². The van der Waals surface area contributed by atoms with Crippen molar-refractivity contribution >= 4 is 12.2 Å². The summed E-state index contributed by atoms with van der Waals surface area (Å²) in [5.41, 5.74) is 1.06. The Bertz CT molecular complexity index is 480.